The van der Waals surface area contributed by atoms with Gasteiger partial charge in [-0.05, 0) is 61.7 Å². The maximum atomic E-state index is 12.3. The van der Waals surface area contributed by atoms with Crippen molar-refractivity contribution in [2.45, 2.75) is 38.6 Å². The highest BCUT2D eigenvalue weighted by Crippen LogP contribution is 2.21. The number of hydrogen-bond acceptors (Lipinski definition) is 2. The Hall–Kier alpha value is -2.33. The molecule has 2 N–H and O–H groups in total. The molecule has 1 fully saturated rings. The van der Waals surface area contributed by atoms with E-state index in [-0.39, 0.29) is 17.9 Å². The molecule has 25 heavy (non-hydrogen) atoms. The molecule has 0 aromatic heterocycles. The van der Waals surface area contributed by atoms with Crippen LogP contribution in [0.3, 0.4) is 0 Å². The van der Waals surface area contributed by atoms with E-state index in [4.69, 9.17) is 11.6 Å². The van der Waals surface area contributed by atoms with Crippen LogP contribution in [0.25, 0.3) is 0 Å². The number of anilines is 1. The summed E-state index contributed by atoms with van der Waals surface area (Å²) in [5.41, 5.74) is 2.66. The van der Waals surface area contributed by atoms with Crippen LogP contribution < -0.4 is 10.6 Å². The topological polar surface area (TPSA) is 58.2 Å². The summed E-state index contributed by atoms with van der Waals surface area (Å²) < 4.78 is 0. The van der Waals surface area contributed by atoms with Crippen LogP contribution in [0.1, 0.15) is 52.0 Å². The number of aryl methyl sites for hydroxylation is 1. The molecule has 1 saturated carbocycles. The minimum absolute atomic E-state index is 0.0795. The van der Waals surface area contributed by atoms with E-state index in [1.165, 1.54) is 12.8 Å². The highest BCUT2D eigenvalue weighted by molar-refractivity contribution is 6.31. The Bertz CT molecular complexity index is 781. The first kappa shape index (κ1) is 17.5. The molecule has 0 unspecified atom stereocenters. The van der Waals surface area contributed by atoms with Gasteiger partial charge in [0.15, 0.2) is 0 Å². The third-order valence-corrected chi connectivity index (χ3v) is 4.94. The summed E-state index contributed by atoms with van der Waals surface area (Å²) in [4.78, 5) is 24.5. The van der Waals surface area contributed by atoms with Gasteiger partial charge in [0.2, 0.25) is 0 Å². The summed E-state index contributed by atoms with van der Waals surface area (Å²) in [6.07, 6.45) is 4.44. The maximum absolute atomic E-state index is 12.3. The fourth-order valence-corrected chi connectivity index (χ4v) is 3.17. The lowest BCUT2D eigenvalue weighted by atomic mass is 10.1. The molecule has 2 aromatic carbocycles. The molecule has 3 rings (SSSR count). The van der Waals surface area contributed by atoms with Gasteiger partial charge in [-0.15, -0.1) is 0 Å². The van der Waals surface area contributed by atoms with Gasteiger partial charge in [0.05, 0.1) is 0 Å². The lowest BCUT2D eigenvalue weighted by Crippen LogP contribution is -2.32. The van der Waals surface area contributed by atoms with Gasteiger partial charge >= 0.3 is 0 Å². The van der Waals surface area contributed by atoms with Crippen molar-refractivity contribution >= 4 is 29.1 Å². The number of rotatable bonds is 4. The molecule has 0 spiro atoms. The van der Waals surface area contributed by atoms with E-state index in [0.29, 0.717) is 21.8 Å². The zero-order chi connectivity index (χ0) is 17.8. The molecule has 0 aliphatic heterocycles. The van der Waals surface area contributed by atoms with Crippen LogP contribution in [-0.4, -0.2) is 17.9 Å². The Morgan fingerprint density at radius 1 is 0.960 bits per heavy atom. The summed E-state index contributed by atoms with van der Waals surface area (Å²) in [5, 5.41) is 6.46. The van der Waals surface area contributed by atoms with Crippen molar-refractivity contribution in [1.82, 2.24) is 5.32 Å². The Balaban J connectivity index is 1.63. The van der Waals surface area contributed by atoms with Crippen LogP contribution in [0.2, 0.25) is 5.02 Å². The molecule has 0 bridgehead atoms. The van der Waals surface area contributed by atoms with Gasteiger partial charge in [-0.25, -0.2) is 0 Å². The van der Waals surface area contributed by atoms with Gasteiger partial charge in [0, 0.05) is 27.9 Å². The minimum atomic E-state index is -0.234. The highest BCUT2D eigenvalue weighted by Gasteiger charge is 2.18. The fourth-order valence-electron chi connectivity index (χ4n) is 2.99. The molecule has 1 aliphatic carbocycles. The molecule has 4 nitrogen and oxygen atoms in total. The Morgan fingerprint density at radius 2 is 1.56 bits per heavy atom. The first-order valence-corrected chi connectivity index (χ1v) is 8.89. The SMILES string of the molecule is Cc1ccc(NC(=O)c2ccc(C(=O)NC3CCCC3)cc2)cc1Cl. The van der Waals surface area contributed by atoms with Crippen molar-refractivity contribution in [3.63, 3.8) is 0 Å². The first-order valence-electron chi connectivity index (χ1n) is 8.51. The number of halogens is 1. The predicted molar refractivity (Wildman–Crippen MR) is 100 cm³/mol. The average molecular weight is 357 g/mol. The number of carbonyl (C=O) groups excluding carboxylic acids is 2. The molecule has 0 radical (unpaired) electrons. The second-order valence-corrected chi connectivity index (χ2v) is 6.86. The molecule has 0 atom stereocenters. The molecule has 2 amide bonds. The smallest absolute Gasteiger partial charge is 0.255 e. The standard InChI is InChI=1S/C20H21ClN2O2/c1-13-6-11-17(12-18(13)21)23-20(25)15-9-7-14(8-10-15)19(24)22-16-4-2-3-5-16/h6-12,16H,2-5H2,1H3,(H,22,24)(H,23,25). The highest BCUT2D eigenvalue weighted by atomic mass is 35.5. The first-order chi connectivity index (χ1) is 12.0. The van der Waals surface area contributed by atoms with Crippen LogP contribution in [0.5, 0.6) is 0 Å². The summed E-state index contributed by atoms with van der Waals surface area (Å²) in [7, 11) is 0. The van der Waals surface area contributed by atoms with Crippen molar-refractivity contribution < 1.29 is 9.59 Å². The minimum Gasteiger partial charge on any atom is -0.349 e. The molecule has 2 aromatic rings. The van der Waals surface area contributed by atoms with Crippen molar-refractivity contribution in [3.05, 3.63) is 64.2 Å². The summed E-state index contributed by atoms with van der Waals surface area (Å²) in [6, 6.07) is 12.4. The molecular weight excluding hydrogens is 336 g/mol. The number of nitrogens with one attached hydrogen (secondary N) is 2. The number of benzene rings is 2. The summed E-state index contributed by atoms with van der Waals surface area (Å²) in [5.74, 6) is -0.313. The summed E-state index contributed by atoms with van der Waals surface area (Å²) in [6.45, 7) is 1.91. The van der Waals surface area contributed by atoms with Crippen molar-refractivity contribution in [2.75, 3.05) is 5.32 Å². The number of amides is 2. The van der Waals surface area contributed by atoms with Crippen LogP contribution in [0.4, 0.5) is 5.69 Å². The van der Waals surface area contributed by atoms with Crippen LogP contribution in [-0.2, 0) is 0 Å². The second kappa shape index (κ2) is 7.70. The third kappa shape index (κ3) is 4.40. The van der Waals surface area contributed by atoms with E-state index >= 15 is 0 Å². The molecular formula is C20H21ClN2O2. The van der Waals surface area contributed by atoms with Gasteiger partial charge in [0.1, 0.15) is 0 Å². The fraction of sp³-hybridized carbons (Fsp3) is 0.300. The van der Waals surface area contributed by atoms with Gasteiger partial charge in [0.25, 0.3) is 11.8 Å². The van der Waals surface area contributed by atoms with Gasteiger partial charge in [-0.1, -0.05) is 30.5 Å². The lowest BCUT2D eigenvalue weighted by Gasteiger charge is -2.12. The molecule has 0 heterocycles. The van der Waals surface area contributed by atoms with Crippen LogP contribution in [0, 0.1) is 6.92 Å². The van der Waals surface area contributed by atoms with Crippen molar-refractivity contribution in [1.29, 1.82) is 0 Å². The lowest BCUT2D eigenvalue weighted by molar-refractivity contribution is 0.0936. The number of hydrogen-bond donors (Lipinski definition) is 2. The predicted octanol–water partition coefficient (Wildman–Crippen LogP) is 4.57. The largest absolute Gasteiger partial charge is 0.349 e. The third-order valence-electron chi connectivity index (χ3n) is 4.53. The van der Waals surface area contributed by atoms with E-state index < -0.39 is 0 Å². The summed E-state index contributed by atoms with van der Waals surface area (Å²) >= 11 is 6.07. The van der Waals surface area contributed by atoms with Crippen molar-refractivity contribution in [3.8, 4) is 0 Å². The molecule has 0 saturated heterocycles. The van der Waals surface area contributed by atoms with Gasteiger partial charge in [-0.2, -0.15) is 0 Å². The molecule has 130 valence electrons. The zero-order valence-electron chi connectivity index (χ0n) is 14.1. The Kier molecular flexibility index (Phi) is 5.39. The normalized spacial score (nSPS) is 14.3. The van der Waals surface area contributed by atoms with E-state index in [0.717, 1.165) is 18.4 Å². The van der Waals surface area contributed by atoms with E-state index in [2.05, 4.69) is 10.6 Å². The second-order valence-electron chi connectivity index (χ2n) is 6.45. The monoisotopic (exact) mass is 356 g/mol. The Labute approximate surface area is 152 Å². The Morgan fingerprint density at radius 3 is 2.16 bits per heavy atom. The number of carbonyl (C=O) groups is 2. The van der Waals surface area contributed by atoms with Crippen LogP contribution in [0.15, 0.2) is 42.5 Å². The molecule has 1 aliphatic rings. The van der Waals surface area contributed by atoms with Crippen molar-refractivity contribution in [2.24, 2.45) is 0 Å². The zero-order valence-corrected chi connectivity index (χ0v) is 14.9. The van der Waals surface area contributed by atoms with Gasteiger partial charge < -0.3 is 10.6 Å². The van der Waals surface area contributed by atoms with E-state index in [1.807, 2.05) is 19.1 Å². The maximum Gasteiger partial charge on any atom is 0.255 e. The quantitative estimate of drug-likeness (QED) is 0.842. The molecule has 5 heteroatoms. The van der Waals surface area contributed by atoms with Crippen LogP contribution >= 0.6 is 11.6 Å². The van der Waals surface area contributed by atoms with E-state index in [1.54, 1.807) is 30.3 Å². The van der Waals surface area contributed by atoms with Gasteiger partial charge in [-0.3, -0.25) is 9.59 Å². The average Bonchev–Trinajstić information content (AvgIpc) is 3.11. The van der Waals surface area contributed by atoms with E-state index in [9.17, 15) is 9.59 Å².